The molecule has 104 valence electrons. The molecule has 3 nitrogen and oxygen atoms in total. The second kappa shape index (κ2) is 5.50. The van der Waals surface area contributed by atoms with E-state index in [9.17, 15) is 9.18 Å². The van der Waals surface area contributed by atoms with Crippen molar-refractivity contribution in [2.75, 3.05) is 0 Å². The Labute approximate surface area is 124 Å². The van der Waals surface area contributed by atoms with Crippen molar-refractivity contribution in [1.29, 1.82) is 0 Å². The maximum absolute atomic E-state index is 13.3. The summed E-state index contributed by atoms with van der Waals surface area (Å²) in [5.74, 6) is -0.0318. The Kier molecular flexibility index (Phi) is 3.54. The number of nitrogens with zero attached hydrogens (tertiary/aromatic N) is 1. The first-order chi connectivity index (χ1) is 10.2. The number of pyridine rings is 1. The van der Waals surface area contributed by atoms with Crippen molar-refractivity contribution in [3.63, 3.8) is 0 Å². The molecule has 0 amide bonds. The van der Waals surface area contributed by atoms with Crippen LogP contribution in [-0.2, 0) is 0 Å². The first-order valence-corrected chi connectivity index (χ1v) is 6.52. The lowest BCUT2D eigenvalue weighted by atomic mass is 10.2. The molecule has 0 bridgehead atoms. The number of para-hydroxylation sites is 1. The number of rotatable bonds is 3. The van der Waals surface area contributed by atoms with Crippen LogP contribution in [-0.4, -0.2) is 11.3 Å². The number of fused-ring (bicyclic) bond motifs is 1. The highest BCUT2D eigenvalue weighted by Gasteiger charge is 2.13. The number of aromatic nitrogens is 1. The molecular formula is C16H9ClFNO2. The lowest BCUT2D eigenvalue weighted by Crippen LogP contribution is -1.94. The predicted molar refractivity (Wildman–Crippen MR) is 78.6 cm³/mol. The standard InChI is InChI=1S/C16H9ClFNO2/c17-16-12(9-20)15(6-5-13(16)18)21-11-7-10-3-1-2-4-14(10)19-8-11/h1-9H. The number of hydrogen-bond acceptors (Lipinski definition) is 3. The van der Waals surface area contributed by atoms with Gasteiger partial charge < -0.3 is 4.74 Å². The van der Waals surface area contributed by atoms with Crippen LogP contribution in [0.2, 0.25) is 5.02 Å². The van der Waals surface area contributed by atoms with Crippen LogP contribution in [0.4, 0.5) is 4.39 Å². The molecule has 0 aliphatic carbocycles. The number of ether oxygens (including phenoxy) is 1. The average Bonchev–Trinajstić information content (AvgIpc) is 2.51. The van der Waals surface area contributed by atoms with Crippen LogP contribution in [0.15, 0.2) is 48.7 Å². The monoisotopic (exact) mass is 301 g/mol. The third kappa shape index (κ3) is 2.58. The molecule has 5 heteroatoms. The molecule has 2 aromatic carbocycles. The number of carbonyl (C=O) groups is 1. The Balaban J connectivity index is 2.02. The summed E-state index contributed by atoms with van der Waals surface area (Å²) >= 11 is 5.76. The van der Waals surface area contributed by atoms with Gasteiger partial charge in [-0.3, -0.25) is 9.78 Å². The molecule has 1 aromatic heterocycles. The van der Waals surface area contributed by atoms with Gasteiger partial charge in [-0.05, 0) is 24.3 Å². The summed E-state index contributed by atoms with van der Waals surface area (Å²) in [5, 5.41) is 0.645. The van der Waals surface area contributed by atoms with Gasteiger partial charge in [0.15, 0.2) is 6.29 Å². The van der Waals surface area contributed by atoms with Crippen LogP contribution in [0.25, 0.3) is 10.9 Å². The van der Waals surface area contributed by atoms with Gasteiger partial charge in [0, 0.05) is 5.39 Å². The molecule has 0 atom stereocenters. The Morgan fingerprint density at radius 1 is 1.19 bits per heavy atom. The third-order valence-electron chi connectivity index (χ3n) is 3.00. The molecule has 3 aromatic rings. The average molecular weight is 302 g/mol. The molecule has 0 spiro atoms. The topological polar surface area (TPSA) is 39.2 Å². The van der Waals surface area contributed by atoms with Gasteiger partial charge in [-0.25, -0.2) is 4.39 Å². The molecule has 0 N–H and O–H groups in total. The van der Waals surface area contributed by atoms with Crippen molar-refractivity contribution < 1.29 is 13.9 Å². The van der Waals surface area contributed by atoms with Crippen LogP contribution in [0.3, 0.4) is 0 Å². The molecular weight excluding hydrogens is 293 g/mol. The highest BCUT2D eigenvalue weighted by atomic mass is 35.5. The van der Waals surface area contributed by atoms with E-state index in [2.05, 4.69) is 4.98 Å². The molecule has 1 heterocycles. The minimum Gasteiger partial charge on any atom is -0.455 e. The quantitative estimate of drug-likeness (QED) is 0.662. The minimum atomic E-state index is -0.664. The summed E-state index contributed by atoms with van der Waals surface area (Å²) in [6.45, 7) is 0. The fraction of sp³-hybridized carbons (Fsp3) is 0. The number of carbonyl (C=O) groups excluding carboxylic acids is 1. The van der Waals surface area contributed by atoms with Gasteiger partial charge in [0.25, 0.3) is 0 Å². The number of aldehydes is 1. The van der Waals surface area contributed by atoms with E-state index in [1.165, 1.54) is 12.3 Å². The zero-order valence-electron chi connectivity index (χ0n) is 10.7. The Hall–Kier alpha value is -2.46. The van der Waals surface area contributed by atoms with Gasteiger partial charge >= 0.3 is 0 Å². The Morgan fingerprint density at radius 3 is 2.81 bits per heavy atom. The second-order valence-electron chi connectivity index (χ2n) is 4.36. The number of halogens is 2. The Morgan fingerprint density at radius 2 is 2.00 bits per heavy atom. The summed E-state index contributed by atoms with van der Waals surface area (Å²) in [7, 11) is 0. The molecule has 0 aliphatic heterocycles. The van der Waals surface area contributed by atoms with Crippen molar-refractivity contribution in [2.45, 2.75) is 0 Å². The van der Waals surface area contributed by atoms with E-state index in [1.807, 2.05) is 24.3 Å². The van der Waals surface area contributed by atoms with Gasteiger partial charge in [-0.15, -0.1) is 0 Å². The second-order valence-corrected chi connectivity index (χ2v) is 4.73. The normalized spacial score (nSPS) is 10.6. The first-order valence-electron chi connectivity index (χ1n) is 6.15. The van der Waals surface area contributed by atoms with Crippen LogP contribution in [0.5, 0.6) is 11.5 Å². The number of benzene rings is 2. The highest BCUT2D eigenvalue weighted by Crippen LogP contribution is 2.31. The van der Waals surface area contributed by atoms with Crippen LogP contribution >= 0.6 is 11.6 Å². The summed E-state index contributed by atoms with van der Waals surface area (Å²) < 4.78 is 18.9. The smallest absolute Gasteiger partial charge is 0.155 e. The van der Waals surface area contributed by atoms with Crippen LogP contribution in [0.1, 0.15) is 10.4 Å². The van der Waals surface area contributed by atoms with Crippen molar-refractivity contribution in [2.24, 2.45) is 0 Å². The minimum absolute atomic E-state index is 0.0233. The molecule has 0 saturated heterocycles. The maximum atomic E-state index is 13.3. The van der Waals surface area contributed by atoms with Crippen LogP contribution in [0, 0.1) is 5.82 Å². The predicted octanol–water partition coefficient (Wildman–Crippen LogP) is 4.63. The molecule has 3 rings (SSSR count). The van der Waals surface area contributed by atoms with E-state index in [1.54, 1.807) is 6.07 Å². The SMILES string of the molecule is O=Cc1c(Oc2cnc3ccccc3c2)ccc(F)c1Cl. The first kappa shape index (κ1) is 13.5. The molecule has 0 fully saturated rings. The van der Waals surface area contributed by atoms with Gasteiger partial charge in [0.2, 0.25) is 0 Å². The fourth-order valence-corrected chi connectivity index (χ4v) is 2.18. The molecule has 0 unspecified atom stereocenters. The van der Waals surface area contributed by atoms with Crippen molar-refractivity contribution >= 4 is 28.8 Å². The highest BCUT2D eigenvalue weighted by molar-refractivity contribution is 6.33. The lowest BCUT2D eigenvalue weighted by Gasteiger charge is -2.09. The fourth-order valence-electron chi connectivity index (χ4n) is 1.98. The van der Waals surface area contributed by atoms with E-state index in [-0.39, 0.29) is 16.3 Å². The van der Waals surface area contributed by atoms with Gasteiger partial charge in [-0.2, -0.15) is 0 Å². The summed E-state index contributed by atoms with van der Waals surface area (Å²) in [6.07, 6.45) is 2.00. The van der Waals surface area contributed by atoms with Crippen LogP contribution < -0.4 is 4.74 Å². The van der Waals surface area contributed by atoms with Crippen molar-refractivity contribution in [1.82, 2.24) is 4.98 Å². The van der Waals surface area contributed by atoms with Gasteiger partial charge in [-0.1, -0.05) is 29.8 Å². The Bertz CT molecular complexity index is 836. The van der Waals surface area contributed by atoms with Gasteiger partial charge in [0.1, 0.15) is 17.3 Å². The van der Waals surface area contributed by atoms with Crippen molar-refractivity contribution in [3.8, 4) is 11.5 Å². The summed E-state index contributed by atoms with van der Waals surface area (Å²) in [6, 6.07) is 11.9. The van der Waals surface area contributed by atoms with E-state index in [0.717, 1.165) is 17.0 Å². The zero-order chi connectivity index (χ0) is 14.8. The largest absolute Gasteiger partial charge is 0.455 e. The van der Waals surface area contributed by atoms with E-state index in [0.29, 0.717) is 12.0 Å². The van der Waals surface area contributed by atoms with E-state index >= 15 is 0 Å². The zero-order valence-corrected chi connectivity index (χ0v) is 11.5. The molecule has 21 heavy (non-hydrogen) atoms. The maximum Gasteiger partial charge on any atom is 0.155 e. The van der Waals surface area contributed by atoms with E-state index in [4.69, 9.17) is 16.3 Å². The summed E-state index contributed by atoms with van der Waals surface area (Å²) in [5.41, 5.74) is 0.808. The number of hydrogen-bond donors (Lipinski definition) is 0. The van der Waals surface area contributed by atoms with Crippen molar-refractivity contribution in [3.05, 3.63) is 65.1 Å². The lowest BCUT2D eigenvalue weighted by molar-refractivity contribution is 0.112. The molecule has 0 saturated carbocycles. The third-order valence-corrected chi connectivity index (χ3v) is 3.39. The van der Waals surface area contributed by atoms with Gasteiger partial charge in [0.05, 0.1) is 22.3 Å². The molecule has 0 aliphatic rings. The summed E-state index contributed by atoms with van der Waals surface area (Å²) in [4.78, 5) is 15.3. The van der Waals surface area contributed by atoms with E-state index < -0.39 is 5.82 Å². The molecule has 0 radical (unpaired) electrons.